The van der Waals surface area contributed by atoms with Crippen LogP contribution in [0.25, 0.3) is 0 Å². The molecule has 2 bridgehead atoms. The first kappa shape index (κ1) is 29.2. The zero-order chi connectivity index (χ0) is 26.5. The highest BCUT2D eigenvalue weighted by Gasteiger charge is 2.23. The number of benzene rings is 1. The molecule has 3 N–H and O–H groups in total. The maximum absolute atomic E-state index is 11.4. The number of nitrogens with zero attached hydrogens (tertiary/aromatic N) is 4. The molecule has 2 saturated heterocycles. The number of rotatable bonds is 8. The molecule has 3 unspecified atom stereocenters. The molecule has 2 heterocycles. The van der Waals surface area contributed by atoms with Crippen molar-refractivity contribution >= 4 is 35.5 Å². The van der Waals surface area contributed by atoms with Crippen LogP contribution in [-0.2, 0) is 20.7 Å². The van der Waals surface area contributed by atoms with E-state index in [1.165, 1.54) is 5.56 Å². The second-order valence-electron chi connectivity index (χ2n) is 9.96. The number of fused-ring (bicyclic) bond motifs is 4. The predicted octanol–water partition coefficient (Wildman–Crippen LogP) is 0.992. The Morgan fingerprint density at radius 1 is 1.00 bits per heavy atom. The van der Waals surface area contributed by atoms with Crippen molar-refractivity contribution in [2.24, 2.45) is 5.92 Å². The summed E-state index contributed by atoms with van der Waals surface area (Å²) in [5.74, 6) is -0.322. The van der Waals surface area contributed by atoms with Gasteiger partial charge < -0.3 is 30.3 Å². The molecule has 11 heteroatoms. The van der Waals surface area contributed by atoms with Gasteiger partial charge in [0.25, 0.3) is 6.47 Å². The average molecular weight is 535 g/mol. The SMILES string of the molecule is CNC(=S)Nc1ccc(CC2CN3CCCN(CC(=O)O)CCN(CCCN(COC=O)CC3)C2)cc1. The number of nitrogens with one attached hydrogen (secondary N) is 2. The number of carbonyl (C=O) groups excluding carboxylic acids is 1. The minimum absolute atomic E-state index is 0.0887. The summed E-state index contributed by atoms with van der Waals surface area (Å²) in [6, 6.07) is 8.49. The van der Waals surface area contributed by atoms with Crippen LogP contribution in [0.5, 0.6) is 0 Å². The maximum atomic E-state index is 11.4. The van der Waals surface area contributed by atoms with Gasteiger partial charge in [-0.05, 0) is 68.2 Å². The van der Waals surface area contributed by atoms with Gasteiger partial charge in [0.2, 0.25) is 0 Å². The third-order valence-corrected chi connectivity index (χ3v) is 7.35. The normalized spacial score (nSPS) is 24.4. The molecule has 3 atom stereocenters. The maximum Gasteiger partial charge on any atom is 0.317 e. The first-order valence-electron chi connectivity index (χ1n) is 13.2. The minimum atomic E-state index is -0.767. The molecule has 0 saturated carbocycles. The molecule has 3 rings (SSSR count). The Balaban J connectivity index is 1.76. The fourth-order valence-corrected chi connectivity index (χ4v) is 5.31. The summed E-state index contributed by atoms with van der Waals surface area (Å²) in [4.78, 5) is 31.5. The topological polar surface area (TPSA) is 101 Å². The lowest BCUT2D eigenvalue weighted by Gasteiger charge is -2.31. The van der Waals surface area contributed by atoms with Crippen LogP contribution in [0, 0.1) is 5.92 Å². The standard InChI is InChI=1S/C26H42N6O4S/c1-27-26(37)28-24-6-4-22(5-7-24)16-23-17-29-9-3-11-32(20-36-21-33)15-14-30(18-23)8-2-10-31(13-12-29)19-25(34)35/h4-7,21,23H,2-3,8-20H2,1H3,(H,34,35)(H2,27,28,37). The zero-order valence-electron chi connectivity index (χ0n) is 21.9. The highest BCUT2D eigenvalue weighted by Crippen LogP contribution is 2.18. The Morgan fingerprint density at radius 3 is 2.22 bits per heavy atom. The van der Waals surface area contributed by atoms with Crippen molar-refractivity contribution < 1.29 is 19.4 Å². The number of aliphatic carboxylic acids is 1. The molecule has 1 aromatic carbocycles. The Labute approximate surface area is 225 Å². The summed E-state index contributed by atoms with van der Waals surface area (Å²) in [6.07, 6.45) is 2.87. The van der Waals surface area contributed by atoms with E-state index in [9.17, 15) is 14.7 Å². The third kappa shape index (κ3) is 10.9. The van der Waals surface area contributed by atoms with Gasteiger partial charge >= 0.3 is 5.97 Å². The predicted molar refractivity (Wildman–Crippen MR) is 149 cm³/mol. The number of hydrogen-bond donors (Lipinski definition) is 3. The molecule has 1 aromatic rings. The van der Waals surface area contributed by atoms with E-state index in [2.05, 4.69) is 54.5 Å². The molecule has 2 aliphatic rings. The van der Waals surface area contributed by atoms with Gasteiger partial charge in [-0.25, -0.2) is 0 Å². The van der Waals surface area contributed by atoms with E-state index in [1.807, 2.05) is 0 Å². The van der Waals surface area contributed by atoms with Gasteiger partial charge in [-0.1, -0.05) is 12.1 Å². The number of carboxylic acids is 1. The van der Waals surface area contributed by atoms with Gasteiger partial charge in [-0.2, -0.15) is 0 Å². The van der Waals surface area contributed by atoms with Gasteiger partial charge in [0.05, 0.1) is 6.54 Å². The van der Waals surface area contributed by atoms with E-state index in [0.29, 0.717) is 24.2 Å². The van der Waals surface area contributed by atoms with Crippen LogP contribution in [-0.4, -0.2) is 128 Å². The van der Waals surface area contributed by atoms with Crippen molar-refractivity contribution in [1.82, 2.24) is 24.9 Å². The van der Waals surface area contributed by atoms with Crippen LogP contribution in [0.1, 0.15) is 18.4 Å². The van der Waals surface area contributed by atoms with Gasteiger partial charge in [0.15, 0.2) is 5.11 Å². The summed E-state index contributed by atoms with van der Waals surface area (Å²) in [6.45, 7) is 9.69. The summed E-state index contributed by atoms with van der Waals surface area (Å²) in [5, 5.41) is 16.1. The second kappa shape index (κ2) is 15.8. The Hall–Kier alpha value is -2.31. The van der Waals surface area contributed by atoms with Crippen LogP contribution in [0.15, 0.2) is 24.3 Å². The lowest BCUT2D eigenvalue weighted by molar-refractivity contribution is -0.138. The first-order chi connectivity index (χ1) is 17.9. The summed E-state index contributed by atoms with van der Waals surface area (Å²) < 4.78 is 5.08. The van der Waals surface area contributed by atoms with Crippen LogP contribution in [0.4, 0.5) is 5.69 Å². The zero-order valence-corrected chi connectivity index (χ0v) is 22.8. The smallest absolute Gasteiger partial charge is 0.317 e. The van der Waals surface area contributed by atoms with Crippen molar-refractivity contribution in [3.05, 3.63) is 29.8 Å². The Bertz CT molecular complexity index is 858. The van der Waals surface area contributed by atoms with E-state index >= 15 is 0 Å². The summed E-state index contributed by atoms with van der Waals surface area (Å²) in [7, 11) is 1.80. The monoisotopic (exact) mass is 534 g/mol. The van der Waals surface area contributed by atoms with Crippen molar-refractivity contribution in [2.45, 2.75) is 19.3 Å². The summed E-state index contributed by atoms with van der Waals surface area (Å²) in [5.41, 5.74) is 2.26. The number of thiocarbonyl (C=S) groups is 1. The highest BCUT2D eigenvalue weighted by molar-refractivity contribution is 7.80. The molecule has 0 aromatic heterocycles. The fraction of sp³-hybridized carbons (Fsp3) is 0.654. The van der Waals surface area contributed by atoms with E-state index < -0.39 is 5.97 Å². The van der Waals surface area contributed by atoms with Gasteiger partial charge in [-0.3, -0.25) is 19.4 Å². The quantitative estimate of drug-likeness (QED) is 0.329. The van der Waals surface area contributed by atoms with Crippen LogP contribution in [0.2, 0.25) is 0 Å². The molecule has 0 radical (unpaired) electrons. The lowest BCUT2D eigenvalue weighted by Crippen LogP contribution is -2.41. The van der Waals surface area contributed by atoms with Crippen LogP contribution >= 0.6 is 12.2 Å². The molecule has 2 fully saturated rings. The number of anilines is 1. The molecule has 37 heavy (non-hydrogen) atoms. The largest absolute Gasteiger partial charge is 0.480 e. The lowest BCUT2D eigenvalue weighted by atomic mass is 9.97. The van der Waals surface area contributed by atoms with Crippen LogP contribution in [0.3, 0.4) is 0 Å². The van der Waals surface area contributed by atoms with E-state index in [1.54, 1.807) is 7.05 Å². The number of carboxylic acid groups (broad SMARTS) is 1. The second-order valence-corrected chi connectivity index (χ2v) is 10.4. The van der Waals surface area contributed by atoms with Crippen LogP contribution < -0.4 is 10.6 Å². The van der Waals surface area contributed by atoms with E-state index in [-0.39, 0.29) is 6.54 Å². The number of carbonyl (C=O) groups is 2. The summed E-state index contributed by atoms with van der Waals surface area (Å²) >= 11 is 5.21. The molecule has 206 valence electrons. The molecule has 0 aliphatic carbocycles. The third-order valence-electron chi connectivity index (χ3n) is 7.04. The minimum Gasteiger partial charge on any atom is -0.480 e. The van der Waals surface area contributed by atoms with Crippen molar-refractivity contribution in [3.8, 4) is 0 Å². The van der Waals surface area contributed by atoms with Gasteiger partial charge in [0.1, 0.15) is 6.73 Å². The number of ether oxygens (including phenoxy) is 1. The first-order valence-corrected chi connectivity index (χ1v) is 13.6. The van der Waals surface area contributed by atoms with E-state index in [4.69, 9.17) is 17.0 Å². The molecule has 0 amide bonds. The fourth-order valence-electron chi connectivity index (χ4n) is 5.20. The number of hydrogen-bond acceptors (Lipinski definition) is 8. The molecular weight excluding hydrogens is 492 g/mol. The molecule has 10 nitrogen and oxygen atoms in total. The molecule has 0 spiro atoms. The Kier molecular flexibility index (Phi) is 12.5. The highest BCUT2D eigenvalue weighted by atomic mass is 32.1. The van der Waals surface area contributed by atoms with Crippen molar-refractivity contribution in [3.63, 3.8) is 0 Å². The Morgan fingerprint density at radius 2 is 1.62 bits per heavy atom. The van der Waals surface area contributed by atoms with E-state index in [0.717, 1.165) is 90.4 Å². The molecular formula is C26H42N6O4S. The molecule has 2 aliphatic heterocycles. The average Bonchev–Trinajstić information content (AvgIpc) is 2.93. The van der Waals surface area contributed by atoms with Crippen molar-refractivity contribution in [1.29, 1.82) is 0 Å². The van der Waals surface area contributed by atoms with Crippen molar-refractivity contribution in [2.75, 3.05) is 91.1 Å². The van der Waals surface area contributed by atoms with Gasteiger partial charge in [0, 0.05) is 65.1 Å². The van der Waals surface area contributed by atoms with Gasteiger partial charge in [-0.15, -0.1) is 0 Å².